The molecule has 0 spiro atoms. The first-order chi connectivity index (χ1) is 9.02. The monoisotopic (exact) mass is 262 g/mol. The van der Waals surface area contributed by atoms with Crippen LogP contribution < -0.4 is 10.6 Å². The fraction of sp³-hybridized carbons (Fsp3) is 0.733. The van der Waals surface area contributed by atoms with E-state index in [1.165, 1.54) is 6.42 Å². The van der Waals surface area contributed by atoms with Crippen LogP contribution in [0.1, 0.15) is 51.6 Å². The second-order valence-electron chi connectivity index (χ2n) is 6.16. The lowest BCUT2D eigenvalue weighted by atomic mass is 9.95. The lowest BCUT2D eigenvalue weighted by Crippen LogP contribution is -2.24. The quantitative estimate of drug-likeness (QED) is 0.906. The van der Waals surface area contributed by atoms with Crippen LogP contribution in [0.4, 0.5) is 5.69 Å². The summed E-state index contributed by atoms with van der Waals surface area (Å²) >= 11 is 0. The van der Waals surface area contributed by atoms with Gasteiger partial charge in [0.2, 0.25) is 0 Å². The van der Waals surface area contributed by atoms with E-state index in [1.54, 1.807) is 0 Å². The SMILES string of the molecule is CC(C)c1ncc(N2CCC(C(C)C)C2)c(CN)n1. The van der Waals surface area contributed by atoms with Gasteiger partial charge in [-0.2, -0.15) is 0 Å². The van der Waals surface area contributed by atoms with Crippen molar-refractivity contribution in [1.82, 2.24) is 9.97 Å². The first kappa shape index (κ1) is 14.3. The molecule has 106 valence electrons. The molecular weight excluding hydrogens is 236 g/mol. The van der Waals surface area contributed by atoms with Gasteiger partial charge in [-0.1, -0.05) is 27.7 Å². The van der Waals surface area contributed by atoms with Crippen molar-refractivity contribution >= 4 is 5.69 Å². The fourth-order valence-electron chi connectivity index (χ4n) is 2.67. The van der Waals surface area contributed by atoms with Gasteiger partial charge in [-0.15, -0.1) is 0 Å². The molecule has 0 aromatic carbocycles. The van der Waals surface area contributed by atoms with Crippen molar-refractivity contribution in [3.63, 3.8) is 0 Å². The molecule has 4 nitrogen and oxygen atoms in total. The fourth-order valence-corrected chi connectivity index (χ4v) is 2.67. The molecule has 0 aliphatic carbocycles. The first-order valence-corrected chi connectivity index (χ1v) is 7.33. The Hall–Kier alpha value is -1.16. The molecule has 1 aromatic heterocycles. The molecule has 0 radical (unpaired) electrons. The Morgan fingerprint density at radius 2 is 2.11 bits per heavy atom. The molecule has 0 saturated carbocycles. The summed E-state index contributed by atoms with van der Waals surface area (Å²) in [7, 11) is 0. The molecule has 1 unspecified atom stereocenters. The van der Waals surface area contributed by atoms with Crippen molar-refractivity contribution in [1.29, 1.82) is 0 Å². The van der Waals surface area contributed by atoms with E-state index in [4.69, 9.17) is 5.73 Å². The zero-order chi connectivity index (χ0) is 14.0. The lowest BCUT2D eigenvalue weighted by Gasteiger charge is -2.22. The third-order valence-corrected chi connectivity index (χ3v) is 4.08. The minimum Gasteiger partial charge on any atom is -0.368 e. The molecule has 0 amide bonds. The van der Waals surface area contributed by atoms with Crippen LogP contribution >= 0.6 is 0 Å². The zero-order valence-electron chi connectivity index (χ0n) is 12.6. The highest BCUT2D eigenvalue weighted by Crippen LogP contribution is 2.29. The van der Waals surface area contributed by atoms with Gasteiger partial charge >= 0.3 is 0 Å². The average Bonchev–Trinajstić information content (AvgIpc) is 2.87. The highest BCUT2D eigenvalue weighted by Gasteiger charge is 2.26. The Morgan fingerprint density at radius 3 is 2.63 bits per heavy atom. The van der Waals surface area contributed by atoms with Crippen molar-refractivity contribution in [2.75, 3.05) is 18.0 Å². The molecule has 1 aliphatic rings. The number of aromatic nitrogens is 2. The van der Waals surface area contributed by atoms with Crippen molar-refractivity contribution in [3.8, 4) is 0 Å². The molecule has 1 aromatic rings. The summed E-state index contributed by atoms with van der Waals surface area (Å²) in [5.74, 6) is 2.75. The van der Waals surface area contributed by atoms with Gasteiger partial charge in [0, 0.05) is 25.6 Å². The number of anilines is 1. The van der Waals surface area contributed by atoms with Crippen LogP contribution in [0.5, 0.6) is 0 Å². The summed E-state index contributed by atoms with van der Waals surface area (Å²) < 4.78 is 0. The minimum atomic E-state index is 0.348. The molecule has 2 heterocycles. The molecule has 0 bridgehead atoms. The van der Waals surface area contributed by atoms with Crippen molar-refractivity contribution in [2.24, 2.45) is 17.6 Å². The van der Waals surface area contributed by atoms with Crippen LogP contribution in [-0.2, 0) is 6.54 Å². The maximum atomic E-state index is 5.86. The molecule has 1 aliphatic heterocycles. The lowest BCUT2D eigenvalue weighted by molar-refractivity contribution is 0.422. The molecule has 2 rings (SSSR count). The van der Waals surface area contributed by atoms with Gasteiger partial charge in [0.05, 0.1) is 17.6 Å². The third kappa shape index (κ3) is 3.06. The Morgan fingerprint density at radius 1 is 1.37 bits per heavy atom. The standard InChI is InChI=1S/C15H26N4/c1-10(2)12-5-6-19(9-12)14-8-17-15(11(3)4)18-13(14)7-16/h8,10-12H,5-7,9,16H2,1-4H3. The molecule has 4 heteroatoms. The Bertz CT molecular complexity index is 428. The highest BCUT2D eigenvalue weighted by molar-refractivity contribution is 5.50. The number of rotatable bonds is 4. The molecular formula is C15H26N4. The summed E-state index contributed by atoms with van der Waals surface area (Å²) in [4.78, 5) is 11.5. The summed E-state index contributed by atoms with van der Waals surface area (Å²) in [6.45, 7) is 11.5. The van der Waals surface area contributed by atoms with Crippen molar-refractivity contribution < 1.29 is 0 Å². The van der Waals surface area contributed by atoms with Crippen molar-refractivity contribution in [2.45, 2.75) is 46.6 Å². The van der Waals surface area contributed by atoms with E-state index in [0.717, 1.165) is 42.1 Å². The van der Waals surface area contributed by atoms with Gasteiger partial charge in [0.15, 0.2) is 0 Å². The smallest absolute Gasteiger partial charge is 0.131 e. The topological polar surface area (TPSA) is 55.0 Å². The van der Waals surface area contributed by atoms with E-state index in [9.17, 15) is 0 Å². The summed E-state index contributed by atoms with van der Waals surface area (Å²) in [6, 6.07) is 0. The van der Waals surface area contributed by atoms with Crippen LogP contribution in [0.2, 0.25) is 0 Å². The minimum absolute atomic E-state index is 0.348. The maximum Gasteiger partial charge on any atom is 0.131 e. The van der Waals surface area contributed by atoms with Gasteiger partial charge in [-0.25, -0.2) is 9.97 Å². The van der Waals surface area contributed by atoms with E-state index in [-0.39, 0.29) is 0 Å². The zero-order valence-corrected chi connectivity index (χ0v) is 12.6. The Labute approximate surface area is 116 Å². The summed E-state index contributed by atoms with van der Waals surface area (Å²) in [6.07, 6.45) is 3.22. The van der Waals surface area contributed by atoms with Crippen LogP contribution in [0.25, 0.3) is 0 Å². The van der Waals surface area contributed by atoms with Gasteiger partial charge in [-0.05, 0) is 18.3 Å². The van der Waals surface area contributed by atoms with E-state index in [2.05, 4.69) is 42.6 Å². The van der Waals surface area contributed by atoms with Crippen molar-refractivity contribution in [3.05, 3.63) is 17.7 Å². The van der Waals surface area contributed by atoms with Crippen LogP contribution in [-0.4, -0.2) is 23.1 Å². The normalized spacial score (nSPS) is 19.7. The Balaban J connectivity index is 2.21. The number of nitrogens with two attached hydrogens (primary N) is 1. The molecule has 1 fully saturated rings. The van der Waals surface area contributed by atoms with Crippen LogP contribution in [0.3, 0.4) is 0 Å². The molecule has 1 atom stereocenters. The van der Waals surface area contributed by atoms with E-state index < -0.39 is 0 Å². The molecule has 2 N–H and O–H groups in total. The van der Waals surface area contributed by atoms with E-state index in [0.29, 0.717) is 12.5 Å². The molecule has 1 saturated heterocycles. The predicted molar refractivity (Wildman–Crippen MR) is 79.2 cm³/mol. The Kier molecular flexibility index (Phi) is 4.40. The van der Waals surface area contributed by atoms with Gasteiger partial charge in [0.1, 0.15) is 5.82 Å². The third-order valence-electron chi connectivity index (χ3n) is 4.08. The largest absolute Gasteiger partial charge is 0.368 e. The number of hydrogen-bond donors (Lipinski definition) is 1. The van der Waals surface area contributed by atoms with E-state index >= 15 is 0 Å². The second kappa shape index (κ2) is 5.87. The summed E-state index contributed by atoms with van der Waals surface area (Å²) in [5, 5.41) is 0. The number of hydrogen-bond acceptors (Lipinski definition) is 4. The highest BCUT2D eigenvalue weighted by atomic mass is 15.2. The second-order valence-corrected chi connectivity index (χ2v) is 6.16. The van der Waals surface area contributed by atoms with Gasteiger partial charge < -0.3 is 10.6 Å². The van der Waals surface area contributed by atoms with Gasteiger partial charge in [-0.3, -0.25) is 0 Å². The predicted octanol–water partition coefficient (Wildman–Crippen LogP) is 2.54. The maximum absolute atomic E-state index is 5.86. The summed E-state index contributed by atoms with van der Waals surface area (Å²) in [5.41, 5.74) is 7.99. The molecule has 19 heavy (non-hydrogen) atoms. The number of nitrogens with zero attached hydrogens (tertiary/aromatic N) is 3. The van der Waals surface area contributed by atoms with E-state index in [1.807, 2.05) is 6.20 Å². The first-order valence-electron chi connectivity index (χ1n) is 7.33. The van der Waals surface area contributed by atoms with Crippen LogP contribution in [0, 0.1) is 11.8 Å². The van der Waals surface area contributed by atoms with Gasteiger partial charge in [0.25, 0.3) is 0 Å². The van der Waals surface area contributed by atoms with Crippen LogP contribution in [0.15, 0.2) is 6.20 Å². The average molecular weight is 262 g/mol.